The van der Waals surface area contributed by atoms with Crippen molar-refractivity contribution in [2.75, 3.05) is 13.7 Å². The van der Waals surface area contributed by atoms with Crippen molar-refractivity contribution in [2.45, 2.75) is 26.4 Å². The molecule has 0 saturated heterocycles. The minimum absolute atomic E-state index is 0.0703. The number of carbonyl (C=O) groups excluding carboxylic acids is 3. The van der Waals surface area contributed by atoms with Gasteiger partial charge in [-0.1, -0.05) is 12.1 Å². The number of hydrogen-bond donors (Lipinski definition) is 3. The van der Waals surface area contributed by atoms with Crippen molar-refractivity contribution in [3.05, 3.63) is 35.4 Å². The number of benzene rings is 1. The number of amides is 3. The van der Waals surface area contributed by atoms with Crippen LogP contribution in [0.1, 0.15) is 29.8 Å². The molecule has 1 rings (SSSR count). The summed E-state index contributed by atoms with van der Waals surface area (Å²) in [5.74, 6) is -0.868. The Kier molecular flexibility index (Phi) is 6.88. The molecule has 7 heteroatoms. The number of urea groups is 1. The van der Waals surface area contributed by atoms with Crippen LogP contribution in [0, 0.1) is 0 Å². The molecule has 0 bridgehead atoms. The zero-order valence-electron chi connectivity index (χ0n) is 12.9. The maximum absolute atomic E-state index is 11.8. The zero-order chi connectivity index (χ0) is 16.5. The maximum atomic E-state index is 11.8. The predicted molar refractivity (Wildman–Crippen MR) is 81.3 cm³/mol. The van der Waals surface area contributed by atoms with E-state index in [0.29, 0.717) is 12.1 Å². The third kappa shape index (κ3) is 6.25. The Morgan fingerprint density at radius 3 is 2.27 bits per heavy atom. The van der Waals surface area contributed by atoms with E-state index in [4.69, 9.17) is 0 Å². The van der Waals surface area contributed by atoms with Crippen LogP contribution in [0.5, 0.6) is 0 Å². The van der Waals surface area contributed by atoms with Crippen LogP contribution in [0.15, 0.2) is 24.3 Å². The van der Waals surface area contributed by atoms with Gasteiger partial charge in [0.25, 0.3) is 5.91 Å². The molecule has 1 aromatic rings. The Morgan fingerprint density at radius 2 is 1.73 bits per heavy atom. The van der Waals surface area contributed by atoms with Gasteiger partial charge in [-0.05, 0) is 31.5 Å². The van der Waals surface area contributed by atoms with Crippen molar-refractivity contribution in [1.82, 2.24) is 16.0 Å². The number of nitrogens with one attached hydrogen (secondary N) is 3. The van der Waals surface area contributed by atoms with Crippen LogP contribution < -0.4 is 16.0 Å². The van der Waals surface area contributed by atoms with Crippen LogP contribution in [0.4, 0.5) is 4.79 Å². The first-order valence-corrected chi connectivity index (χ1v) is 6.90. The van der Waals surface area contributed by atoms with Crippen molar-refractivity contribution in [1.29, 1.82) is 0 Å². The normalized spacial score (nSPS) is 10.0. The largest absolute Gasteiger partial charge is 0.468 e. The van der Waals surface area contributed by atoms with Gasteiger partial charge in [0, 0.05) is 18.2 Å². The molecule has 0 unspecified atom stereocenters. The van der Waals surface area contributed by atoms with E-state index in [-0.39, 0.29) is 24.5 Å². The first-order chi connectivity index (χ1) is 10.4. The lowest BCUT2D eigenvalue weighted by Crippen LogP contribution is -2.39. The van der Waals surface area contributed by atoms with Gasteiger partial charge in [0.1, 0.15) is 6.54 Å². The lowest BCUT2D eigenvalue weighted by atomic mass is 10.1. The summed E-state index contributed by atoms with van der Waals surface area (Å²) in [7, 11) is 1.26. The quantitative estimate of drug-likeness (QED) is 0.677. The van der Waals surface area contributed by atoms with Crippen molar-refractivity contribution in [3.63, 3.8) is 0 Å². The molecular weight excluding hydrogens is 286 g/mol. The summed E-state index contributed by atoms with van der Waals surface area (Å²) in [6.07, 6.45) is 0. The smallest absolute Gasteiger partial charge is 0.325 e. The van der Waals surface area contributed by atoms with E-state index in [1.54, 1.807) is 24.3 Å². The summed E-state index contributed by atoms with van der Waals surface area (Å²) in [6, 6.07) is 6.56. The number of hydrogen-bond acceptors (Lipinski definition) is 4. The second-order valence-corrected chi connectivity index (χ2v) is 4.94. The molecule has 0 saturated carbocycles. The van der Waals surface area contributed by atoms with Gasteiger partial charge in [-0.3, -0.25) is 9.59 Å². The molecule has 0 aliphatic heterocycles. The molecule has 0 aromatic heterocycles. The van der Waals surface area contributed by atoms with Crippen LogP contribution in [-0.2, 0) is 16.1 Å². The molecule has 0 atom stereocenters. The van der Waals surface area contributed by atoms with Crippen molar-refractivity contribution in [2.24, 2.45) is 0 Å². The fourth-order valence-corrected chi connectivity index (χ4v) is 1.60. The van der Waals surface area contributed by atoms with E-state index < -0.39 is 5.97 Å². The van der Waals surface area contributed by atoms with Gasteiger partial charge in [-0.2, -0.15) is 0 Å². The standard InChI is InChI=1S/C15H21N3O4/c1-10(2)18-15(21)17-8-11-4-6-12(7-5-11)14(20)16-9-13(19)22-3/h4-7,10H,8-9H2,1-3H3,(H,16,20)(H2,17,18,21). The molecule has 0 spiro atoms. The fourth-order valence-electron chi connectivity index (χ4n) is 1.60. The summed E-state index contributed by atoms with van der Waals surface area (Å²) in [5.41, 5.74) is 1.29. The topological polar surface area (TPSA) is 96.5 Å². The van der Waals surface area contributed by atoms with Gasteiger partial charge in [0.2, 0.25) is 0 Å². The van der Waals surface area contributed by atoms with Gasteiger partial charge < -0.3 is 20.7 Å². The third-order valence-electron chi connectivity index (χ3n) is 2.71. The molecule has 120 valence electrons. The molecule has 0 radical (unpaired) electrons. The molecule has 0 fully saturated rings. The number of ether oxygens (including phenoxy) is 1. The summed E-state index contributed by atoms with van der Waals surface area (Å²) in [5, 5.41) is 7.88. The maximum Gasteiger partial charge on any atom is 0.325 e. The summed E-state index contributed by atoms with van der Waals surface area (Å²) >= 11 is 0. The average molecular weight is 307 g/mol. The van der Waals surface area contributed by atoms with E-state index in [1.165, 1.54) is 7.11 Å². The van der Waals surface area contributed by atoms with Crippen molar-refractivity contribution >= 4 is 17.9 Å². The Bertz CT molecular complexity index is 526. The summed E-state index contributed by atoms with van der Waals surface area (Å²) in [6.45, 7) is 3.94. The Labute approximate surface area is 129 Å². The molecule has 0 heterocycles. The highest BCUT2D eigenvalue weighted by molar-refractivity contribution is 5.95. The summed E-state index contributed by atoms with van der Waals surface area (Å²) < 4.78 is 4.44. The second kappa shape index (κ2) is 8.66. The first kappa shape index (κ1) is 17.5. The number of rotatable bonds is 6. The minimum Gasteiger partial charge on any atom is -0.468 e. The highest BCUT2D eigenvalue weighted by Crippen LogP contribution is 2.04. The number of esters is 1. The Morgan fingerprint density at radius 1 is 1.09 bits per heavy atom. The average Bonchev–Trinajstić information content (AvgIpc) is 2.50. The van der Waals surface area contributed by atoms with Gasteiger partial charge in [0.15, 0.2) is 0 Å². The summed E-state index contributed by atoms with van der Waals surface area (Å²) in [4.78, 5) is 34.2. The highest BCUT2D eigenvalue weighted by Gasteiger charge is 2.08. The van der Waals surface area contributed by atoms with Gasteiger partial charge >= 0.3 is 12.0 Å². The molecule has 1 aromatic carbocycles. The molecule has 0 aliphatic carbocycles. The monoisotopic (exact) mass is 307 g/mol. The molecular formula is C15H21N3O4. The minimum atomic E-state index is -0.509. The lowest BCUT2D eigenvalue weighted by Gasteiger charge is -2.10. The Balaban J connectivity index is 2.47. The van der Waals surface area contributed by atoms with Crippen LogP contribution in [0.25, 0.3) is 0 Å². The van der Waals surface area contributed by atoms with E-state index in [2.05, 4.69) is 20.7 Å². The SMILES string of the molecule is COC(=O)CNC(=O)c1ccc(CNC(=O)NC(C)C)cc1. The van der Waals surface area contributed by atoms with Gasteiger partial charge in [-0.25, -0.2) is 4.79 Å². The molecule has 22 heavy (non-hydrogen) atoms. The lowest BCUT2D eigenvalue weighted by molar-refractivity contribution is -0.139. The van der Waals surface area contributed by atoms with Crippen molar-refractivity contribution in [3.8, 4) is 0 Å². The fraction of sp³-hybridized carbons (Fsp3) is 0.400. The molecule has 3 N–H and O–H groups in total. The highest BCUT2D eigenvalue weighted by atomic mass is 16.5. The number of carbonyl (C=O) groups is 3. The van der Waals surface area contributed by atoms with Crippen LogP contribution in [-0.4, -0.2) is 37.6 Å². The molecule has 3 amide bonds. The van der Waals surface area contributed by atoms with E-state index >= 15 is 0 Å². The van der Waals surface area contributed by atoms with Crippen molar-refractivity contribution < 1.29 is 19.1 Å². The van der Waals surface area contributed by atoms with E-state index in [1.807, 2.05) is 13.8 Å². The van der Waals surface area contributed by atoms with Crippen LogP contribution in [0.3, 0.4) is 0 Å². The van der Waals surface area contributed by atoms with Gasteiger partial charge in [0.05, 0.1) is 7.11 Å². The predicted octanol–water partition coefficient (Wildman–Crippen LogP) is 0.797. The molecule has 0 aliphatic rings. The van der Waals surface area contributed by atoms with E-state index in [9.17, 15) is 14.4 Å². The number of methoxy groups -OCH3 is 1. The zero-order valence-corrected chi connectivity index (χ0v) is 12.9. The molecule has 7 nitrogen and oxygen atoms in total. The van der Waals surface area contributed by atoms with Crippen LogP contribution >= 0.6 is 0 Å². The first-order valence-electron chi connectivity index (χ1n) is 6.90. The second-order valence-electron chi connectivity index (χ2n) is 4.94. The van der Waals surface area contributed by atoms with E-state index in [0.717, 1.165) is 5.56 Å². The van der Waals surface area contributed by atoms with Crippen LogP contribution in [0.2, 0.25) is 0 Å². The third-order valence-corrected chi connectivity index (χ3v) is 2.71. The van der Waals surface area contributed by atoms with Gasteiger partial charge in [-0.15, -0.1) is 0 Å². The Hall–Kier alpha value is -2.57.